The number of halogens is 1. The Balaban J connectivity index is 1.24. The molecule has 1 aliphatic rings. The lowest BCUT2D eigenvalue weighted by molar-refractivity contribution is -0.143. The molecule has 0 unspecified atom stereocenters. The van der Waals surface area contributed by atoms with Crippen LogP contribution in [0, 0.1) is 5.41 Å². The lowest BCUT2D eigenvalue weighted by Gasteiger charge is -2.07. The molecule has 1 amide bonds. The standard InChI is InChI=1S/C28H30ClN7O3/c1-2-39-26(37)6-5-19-9-20(18-3-4-18)15-36-16-23(34-27(19)36)13-31-12-21(11-30)28(38)32-14-24-25-10-22(29)7-8-35(25)17-33-24/h7-12,15-18,30-31H,2-6,13-14H2,1H3,(H,32,38)/b21-12+,30-11?. The molecule has 0 bridgehead atoms. The van der Waals surface area contributed by atoms with Crippen molar-refractivity contribution in [1.29, 1.82) is 5.41 Å². The lowest BCUT2D eigenvalue weighted by atomic mass is 10.1. The highest BCUT2D eigenvalue weighted by molar-refractivity contribution is 6.30. The first-order chi connectivity index (χ1) is 18.9. The number of amides is 1. The summed E-state index contributed by atoms with van der Waals surface area (Å²) in [6.45, 7) is 2.74. The van der Waals surface area contributed by atoms with Gasteiger partial charge in [-0.2, -0.15) is 0 Å². The number of pyridine rings is 2. The topological polar surface area (TPSA) is 126 Å². The van der Waals surface area contributed by atoms with E-state index in [-0.39, 0.29) is 18.1 Å². The molecule has 10 nitrogen and oxygen atoms in total. The van der Waals surface area contributed by atoms with E-state index >= 15 is 0 Å². The number of carbonyl (C=O) groups excluding carboxylic acids is 2. The maximum atomic E-state index is 12.7. The predicted octanol–water partition coefficient (Wildman–Crippen LogP) is 3.95. The maximum absolute atomic E-state index is 12.7. The number of fused-ring (bicyclic) bond motifs is 2. The van der Waals surface area contributed by atoms with E-state index in [0.717, 1.165) is 28.6 Å². The van der Waals surface area contributed by atoms with Crippen molar-refractivity contribution in [1.82, 2.24) is 29.4 Å². The van der Waals surface area contributed by atoms with Crippen LogP contribution in [0.25, 0.3) is 11.2 Å². The highest BCUT2D eigenvalue weighted by Crippen LogP contribution is 2.40. The van der Waals surface area contributed by atoms with Crippen molar-refractivity contribution in [3.05, 3.63) is 82.4 Å². The summed E-state index contributed by atoms with van der Waals surface area (Å²) in [6, 6.07) is 5.71. The Bertz CT molecular complexity index is 1570. The zero-order valence-corrected chi connectivity index (χ0v) is 22.4. The zero-order valence-electron chi connectivity index (χ0n) is 21.6. The van der Waals surface area contributed by atoms with Gasteiger partial charge in [-0.15, -0.1) is 0 Å². The minimum Gasteiger partial charge on any atom is -0.466 e. The van der Waals surface area contributed by atoms with Gasteiger partial charge in [0.2, 0.25) is 0 Å². The van der Waals surface area contributed by atoms with Crippen LogP contribution in [0.3, 0.4) is 0 Å². The quantitative estimate of drug-likeness (QED) is 0.140. The Morgan fingerprint density at radius 3 is 2.85 bits per heavy atom. The molecule has 5 rings (SSSR count). The third-order valence-corrected chi connectivity index (χ3v) is 6.84. The van der Waals surface area contributed by atoms with Gasteiger partial charge in [-0.3, -0.25) is 9.59 Å². The molecule has 4 aromatic rings. The van der Waals surface area contributed by atoms with E-state index in [9.17, 15) is 9.59 Å². The van der Waals surface area contributed by atoms with Gasteiger partial charge in [0.1, 0.15) is 5.65 Å². The van der Waals surface area contributed by atoms with Crippen molar-refractivity contribution >= 4 is 40.9 Å². The lowest BCUT2D eigenvalue weighted by Crippen LogP contribution is -2.26. The molecule has 0 aromatic carbocycles. The first-order valence-corrected chi connectivity index (χ1v) is 13.3. The van der Waals surface area contributed by atoms with Crippen LogP contribution >= 0.6 is 11.6 Å². The fraction of sp³-hybridized carbons (Fsp3) is 0.321. The highest BCUT2D eigenvalue weighted by atomic mass is 35.5. The summed E-state index contributed by atoms with van der Waals surface area (Å²) >= 11 is 6.09. The third-order valence-electron chi connectivity index (χ3n) is 6.61. The van der Waals surface area contributed by atoms with Crippen molar-refractivity contribution in [2.75, 3.05) is 6.61 Å². The molecule has 0 spiro atoms. The van der Waals surface area contributed by atoms with E-state index in [1.165, 1.54) is 24.6 Å². The first kappa shape index (κ1) is 26.4. The van der Waals surface area contributed by atoms with Crippen molar-refractivity contribution in [3.8, 4) is 0 Å². The summed E-state index contributed by atoms with van der Waals surface area (Å²) < 4.78 is 8.94. The van der Waals surface area contributed by atoms with Gasteiger partial charge in [-0.25, -0.2) is 9.97 Å². The van der Waals surface area contributed by atoms with Gasteiger partial charge in [0.25, 0.3) is 5.91 Å². The normalized spacial score (nSPS) is 13.5. The summed E-state index contributed by atoms with van der Waals surface area (Å²) in [6.07, 6.45) is 13.3. The van der Waals surface area contributed by atoms with E-state index in [2.05, 4.69) is 27.9 Å². The summed E-state index contributed by atoms with van der Waals surface area (Å²) in [5.74, 6) is -0.0483. The number of nitrogens with one attached hydrogen (secondary N) is 3. The molecule has 202 valence electrons. The Labute approximate surface area is 230 Å². The van der Waals surface area contributed by atoms with Crippen molar-refractivity contribution < 1.29 is 14.3 Å². The maximum Gasteiger partial charge on any atom is 0.306 e. The van der Waals surface area contributed by atoms with Crippen LogP contribution in [-0.2, 0) is 33.8 Å². The Kier molecular flexibility index (Phi) is 7.92. The summed E-state index contributed by atoms with van der Waals surface area (Å²) in [4.78, 5) is 33.7. The van der Waals surface area contributed by atoms with E-state index in [1.807, 2.05) is 15.0 Å². The molecule has 4 aromatic heterocycles. The van der Waals surface area contributed by atoms with E-state index in [1.54, 1.807) is 31.6 Å². The third kappa shape index (κ3) is 6.28. The molecule has 1 fully saturated rings. The number of aromatic nitrogens is 4. The molecule has 4 heterocycles. The van der Waals surface area contributed by atoms with Crippen LogP contribution in [0.5, 0.6) is 0 Å². The monoisotopic (exact) mass is 547 g/mol. The van der Waals surface area contributed by atoms with Gasteiger partial charge in [0.15, 0.2) is 0 Å². The molecule has 1 aliphatic carbocycles. The van der Waals surface area contributed by atoms with Crippen LogP contribution in [0.2, 0.25) is 5.02 Å². The SMILES string of the molecule is CCOC(=O)CCc1cc(C2CC2)cn2cc(CN/C=C(\C=N)C(=O)NCc3ncn4ccc(Cl)cc34)nc12. The molecule has 3 N–H and O–H groups in total. The molecule has 0 atom stereocenters. The molecular formula is C28H30ClN7O3. The van der Waals surface area contributed by atoms with Crippen LogP contribution in [0.1, 0.15) is 54.6 Å². The second-order valence-corrected chi connectivity index (χ2v) is 9.91. The smallest absolute Gasteiger partial charge is 0.306 e. The number of aryl methyl sites for hydroxylation is 1. The summed E-state index contributed by atoms with van der Waals surface area (Å²) in [5.41, 5.74) is 5.52. The summed E-state index contributed by atoms with van der Waals surface area (Å²) in [5, 5.41) is 14.2. The second kappa shape index (κ2) is 11.7. The van der Waals surface area contributed by atoms with E-state index in [0.29, 0.717) is 42.6 Å². The molecule has 0 aliphatic heterocycles. The zero-order chi connectivity index (χ0) is 27.4. The van der Waals surface area contributed by atoms with Crippen molar-refractivity contribution in [3.63, 3.8) is 0 Å². The number of hydrogen-bond donors (Lipinski definition) is 3. The van der Waals surface area contributed by atoms with E-state index in [4.69, 9.17) is 26.7 Å². The molecular weight excluding hydrogens is 518 g/mol. The predicted molar refractivity (Wildman–Crippen MR) is 148 cm³/mol. The number of nitrogens with zero attached hydrogens (tertiary/aromatic N) is 4. The van der Waals surface area contributed by atoms with Gasteiger partial charge in [0.05, 0.1) is 48.5 Å². The van der Waals surface area contributed by atoms with Gasteiger partial charge < -0.3 is 29.6 Å². The number of imidazole rings is 2. The van der Waals surface area contributed by atoms with Crippen molar-refractivity contribution in [2.45, 2.75) is 51.6 Å². The van der Waals surface area contributed by atoms with Crippen LogP contribution in [-0.4, -0.2) is 43.5 Å². The number of esters is 1. The number of hydrogen-bond acceptors (Lipinski definition) is 7. The second-order valence-electron chi connectivity index (χ2n) is 9.48. The minimum absolute atomic E-state index is 0.173. The largest absolute Gasteiger partial charge is 0.466 e. The Morgan fingerprint density at radius 2 is 2.08 bits per heavy atom. The number of rotatable bonds is 12. The number of carbonyl (C=O) groups is 2. The number of ether oxygens (including phenoxy) is 1. The molecule has 39 heavy (non-hydrogen) atoms. The minimum atomic E-state index is -0.397. The fourth-order valence-corrected chi connectivity index (χ4v) is 4.64. The summed E-state index contributed by atoms with van der Waals surface area (Å²) in [7, 11) is 0. The Hall–Kier alpha value is -4.18. The van der Waals surface area contributed by atoms with Gasteiger partial charge >= 0.3 is 5.97 Å². The van der Waals surface area contributed by atoms with Gasteiger partial charge in [0, 0.05) is 42.4 Å². The average molecular weight is 548 g/mol. The Morgan fingerprint density at radius 1 is 1.23 bits per heavy atom. The molecule has 1 saturated carbocycles. The molecule has 0 saturated heterocycles. The van der Waals surface area contributed by atoms with Gasteiger partial charge in [-0.05, 0) is 55.4 Å². The fourth-order valence-electron chi connectivity index (χ4n) is 4.48. The van der Waals surface area contributed by atoms with Crippen LogP contribution in [0.15, 0.2) is 54.9 Å². The van der Waals surface area contributed by atoms with Crippen molar-refractivity contribution in [2.24, 2.45) is 0 Å². The van der Waals surface area contributed by atoms with E-state index < -0.39 is 5.91 Å². The molecule has 11 heteroatoms. The highest BCUT2D eigenvalue weighted by Gasteiger charge is 2.25. The molecule has 0 radical (unpaired) electrons. The van der Waals surface area contributed by atoms with Gasteiger partial charge in [-0.1, -0.05) is 17.7 Å². The van der Waals surface area contributed by atoms with Crippen LogP contribution < -0.4 is 10.6 Å². The first-order valence-electron chi connectivity index (χ1n) is 12.9. The van der Waals surface area contributed by atoms with Crippen LogP contribution in [0.4, 0.5) is 0 Å². The average Bonchev–Trinajstić information content (AvgIpc) is 3.58.